The van der Waals surface area contributed by atoms with E-state index in [1.807, 2.05) is 18.2 Å². The molecule has 0 aliphatic rings. The van der Waals surface area contributed by atoms with Crippen LogP contribution in [0.4, 0.5) is 5.69 Å². The largest absolute Gasteiger partial charge is 0.436 e. The molecular weight excluding hydrogens is 442 g/mol. The molecule has 0 spiro atoms. The molecule has 0 radical (unpaired) electrons. The average Bonchev–Trinajstić information content (AvgIpc) is 2.75. The van der Waals surface area contributed by atoms with Crippen LogP contribution < -0.4 is 5.73 Å². The topological polar surface area (TPSA) is 52.0 Å². The zero-order valence-electron chi connectivity index (χ0n) is 9.45. The van der Waals surface area contributed by atoms with E-state index in [0.717, 1.165) is 13.6 Å². The van der Waals surface area contributed by atoms with Crippen LogP contribution in [0.2, 0.25) is 5.02 Å². The van der Waals surface area contributed by atoms with Gasteiger partial charge in [-0.2, -0.15) is 0 Å². The van der Waals surface area contributed by atoms with E-state index in [2.05, 4.69) is 43.5 Å². The molecule has 0 saturated heterocycles. The van der Waals surface area contributed by atoms with Crippen LogP contribution in [0.25, 0.3) is 22.6 Å². The predicted octanol–water partition coefficient (Wildman–Crippen LogP) is 5.10. The number of hydrogen-bond donors (Lipinski definition) is 1. The van der Waals surface area contributed by atoms with E-state index < -0.39 is 0 Å². The van der Waals surface area contributed by atoms with E-state index in [1.54, 1.807) is 12.1 Å². The average molecular weight is 449 g/mol. The number of anilines is 1. The highest BCUT2D eigenvalue weighted by molar-refractivity contribution is 14.1. The summed E-state index contributed by atoms with van der Waals surface area (Å²) in [6.45, 7) is 0. The first-order valence-electron chi connectivity index (χ1n) is 5.35. The van der Waals surface area contributed by atoms with E-state index >= 15 is 0 Å². The third kappa shape index (κ3) is 2.46. The van der Waals surface area contributed by atoms with Crippen molar-refractivity contribution in [2.45, 2.75) is 0 Å². The Morgan fingerprint density at radius 3 is 2.84 bits per heavy atom. The molecule has 0 amide bonds. The van der Waals surface area contributed by atoms with Gasteiger partial charge in [0, 0.05) is 14.1 Å². The van der Waals surface area contributed by atoms with Crippen molar-refractivity contribution in [1.82, 2.24) is 4.98 Å². The molecule has 0 fully saturated rings. The fourth-order valence-corrected chi connectivity index (χ4v) is 2.81. The summed E-state index contributed by atoms with van der Waals surface area (Å²) in [4.78, 5) is 4.45. The van der Waals surface area contributed by atoms with Crippen molar-refractivity contribution >= 4 is 66.9 Å². The second-order valence-electron chi connectivity index (χ2n) is 3.98. The van der Waals surface area contributed by atoms with Crippen LogP contribution in [0, 0.1) is 3.57 Å². The first-order chi connectivity index (χ1) is 9.04. The van der Waals surface area contributed by atoms with Gasteiger partial charge in [0.15, 0.2) is 5.58 Å². The summed E-state index contributed by atoms with van der Waals surface area (Å²) in [5, 5.41) is 0.481. The maximum absolute atomic E-state index is 5.98. The Balaban J connectivity index is 2.23. The normalized spacial score (nSPS) is 11.1. The predicted molar refractivity (Wildman–Crippen MR) is 89.3 cm³/mol. The monoisotopic (exact) mass is 448 g/mol. The van der Waals surface area contributed by atoms with Crippen molar-refractivity contribution < 1.29 is 4.42 Å². The molecule has 1 aromatic heterocycles. The van der Waals surface area contributed by atoms with Crippen molar-refractivity contribution in [3.63, 3.8) is 0 Å². The Bertz CT molecular complexity index is 749. The SMILES string of the molecule is Nc1cc2oc(-c3cc(I)ccc3Br)nc2cc1Cl. The molecule has 0 bridgehead atoms. The van der Waals surface area contributed by atoms with Gasteiger partial charge in [-0.3, -0.25) is 0 Å². The highest BCUT2D eigenvalue weighted by Gasteiger charge is 2.13. The van der Waals surface area contributed by atoms with Gasteiger partial charge >= 0.3 is 0 Å². The van der Waals surface area contributed by atoms with E-state index in [0.29, 0.717) is 27.7 Å². The van der Waals surface area contributed by atoms with Gasteiger partial charge in [-0.05, 0) is 62.8 Å². The number of benzene rings is 2. The summed E-state index contributed by atoms with van der Waals surface area (Å²) in [6.07, 6.45) is 0. The minimum atomic E-state index is 0.481. The summed E-state index contributed by atoms with van der Waals surface area (Å²) in [6, 6.07) is 9.37. The van der Waals surface area contributed by atoms with Crippen molar-refractivity contribution in [2.75, 3.05) is 5.73 Å². The number of rotatable bonds is 1. The number of nitrogens with zero attached hydrogens (tertiary/aromatic N) is 1. The molecule has 2 aromatic carbocycles. The summed E-state index contributed by atoms with van der Waals surface area (Å²) in [7, 11) is 0. The molecule has 0 atom stereocenters. The van der Waals surface area contributed by atoms with Crippen LogP contribution in [-0.4, -0.2) is 4.98 Å². The van der Waals surface area contributed by atoms with Gasteiger partial charge < -0.3 is 10.2 Å². The summed E-state index contributed by atoms with van der Waals surface area (Å²) in [5.74, 6) is 0.544. The fraction of sp³-hybridized carbons (Fsp3) is 0. The van der Waals surface area contributed by atoms with Crippen molar-refractivity contribution in [2.24, 2.45) is 0 Å². The standard InChI is InChI=1S/C13H7BrClIN2O/c14-8-2-1-6(16)3-7(8)13-18-11-4-9(15)10(17)5-12(11)19-13/h1-5H,17H2. The zero-order chi connectivity index (χ0) is 13.6. The fourth-order valence-electron chi connectivity index (χ4n) is 1.74. The molecule has 6 heteroatoms. The third-order valence-corrected chi connectivity index (χ3v) is 4.36. The first-order valence-corrected chi connectivity index (χ1v) is 7.60. The number of oxazole rings is 1. The van der Waals surface area contributed by atoms with Gasteiger partial charge in [0.1, 0.15) is 5.52 Å². The lowest BCUT2D eigenvalue weighted by Crippen LogP contribution is -1.84. The van der Waals surface area contributed by atoms with Gasteiger partial charge in [0.05, 0.1) is 16.3 Å². The first kappa shape index (κ1) is 13.2. The number of hydrogen-bond acceptors (Lipinski definition) is 3. The van der Waals surface area contributed by atoms with Crippen molar-refractivity contribution in [3.8, 4) is 11.5 Å². The molecule has 3 nitrogen and oxygen atoms in total. The Morgan fingerprint density at radius 1 is 1.26 bits per heavy atom. The number of aromatic nitrogens is 1. The second-order valence-corrected chi connectivity index (χ2v) is 6.49. The summed E-state index contributed by atoms with van der Waals surface area (Å²) in [5.41, 5.74) is 8.47. The number of fused-ring (bicyclic) bond motifs is 1. The highest BCUT2D eigenvalue weighted by Crippen LogP contribution is 2.33. The van der Waals surface area contributed by atoms with E-state index in [4.69, 9.17) is 21.8 Å². The molecule has 1 heterocycles. The molecule has 96 valence electrons. The van der Waals surface area contributed by atoms with Crippen LogP contribution in [0.1, 0.15) is 0 Å². The second kappa shape index (κ2) is 4.96. The van der Waals surface area contributed by atoms with E-state index in [-0.39, 0.29) is 0 Å². The Kier molecular flexibility index (Phi) is 3.44. The summed E-state index contributed by atoms with van der Waals surface area (Å²) < 4.78 is 7.78. The van der Waals surface area contributed by atoms with E-state index in [9.17, 15) is 0 Å². The lowest BCUT2D eigenvalue weighted by atomic mass is 10.2. The van der Waals surface area contributed by atoms with Crippen LogP contribution >= 0.6 is 50.1 Å². The highest BCUT2D eigenvalue weighted by atomic mass is 127. The number of nitrogen functional groups attached to an aromatic ring is 1. The molecule has 3 aromatic rings. The summed E-state index contributed by atoms with van der Waals surface area (Å²) >= 11 is 11.7. The molecular formula is C13H7BrClIN2O. The van der Waals surface area contributed by atoms with Crippen molar-refractivity contribution in [1.29, 1.82) is 0 Å². The molecule has 3 rings (SSSR count). The van der Waals surface area contributed by atoms with Gasteiger partial charge in [0.25, 0.3) is 0 Å². The maximum atomic E-state index is 5.98. The van der Waals surface area contributed by atoms with Crippen LogP contribution in [0.3, 0.4) is 0 Å². The minimum absolute atomic E-state index is 0.481. The van der Waals surface area contributed by atoms with Gasteiger partial charge in [-0.1, -0.05) is 11.6 Å². The van der Waals surface area contributed by atoms with Gasteiger partial charge in [-0.15, -0.1) is 0 Å². The van der Waals surface area contributed by atoms with E-state index in [1.165, 1.54) is 0 Å². The molecule has 0 saturated carbocycles. The minimum Gasteiger partial charge on any atom is -0.436 e. The van der Waals surface area contributed by atoms with Crippen LogP contribution in [-0.2, 0) is 0 Å². The maximum Gasteiger partial charge on any atom is 0.228 e. The lowest BCUT2D eigenvalue weighted by molar-refractivity contribution is 0.619. The quantitative estimate of drug-likeness (QED) is 0.416. The molecule has 2 N–H and O–H groups in total. The van der Waals surface area contributed by atoms with Gasteiger partial charge in [0.2, 0.25) is 5.89 Å². The molecule has 0 aliphatic carbocycles. The Morgan fingerprint density at radius 2 is 2.05 bits per heavy atom. The van der Waals surface area contributed by atoms with Crippen molar-refractivity contribution in [3.05, 3.63) is 43.4 Å². The van der Waals surface area contributed by atoms with Crippen LogP contribution in [0.5, 0.6) is 0 Å². The third-order valence-electron chi connectivity index (χ3n) is 2.67. The van der Waals surface area contributed by atoms with Crippen LogP contribution in [0.15, 0.2) is 39.2 Å². The smallest absolute Gasteiger partial charge is 0.228 e. The Hall–Kier alpha value is -0.790. The number of nitrogens with two attached hydrogens (primary N) is 1. The Labute approximate surface area is 136 Å². The lowest BCUT2D eigenvalue weighted by Gasteiger charge is -1.99. The number of halogens is 3. The molecule has 0 aliphatic heterocycles. The molecule has 0 unspecified atom stereocenters. The molecule has 19 heavy (non-hydrogen) atoms. The zero-order valence-corrected chi connectivity index (χ0v) is 14.0. The van der Waals surface area contributed by atoms with Gasteiger partial charge in [-0.25, -0.2) is 4.98 Å².